The minimum atomic E-state index is -0.427. The number of aromatic nitrogens is 3. The second kappa shape index (κ2) is 6.59. The van der Waals surface area contributed by atoms with Gasteiger partial charge in [-0.25, -0.2) is 4.79 Å². The van der Waals surface area contributed by atoms with Crippen LogP contribution in [0.1, 0.15) is 28.7 Å². The van der Waals surface area contributed by atoms with E-state index < -0.39 is 5.97 Å². The zero-order valence-electron chi connectivity index (χ0n) is 14.7. The molecule has 1 N–H and O–H groups in total. The predicted molar refractivity (Wildman–Crippen MR) is 98.6 cm³/mol. The quantitative estimate of drug-likeness (QED) is 0.858. The Kier molecular flexibility index (Phi) is 4.12. The van der Waals surface area contributed by atoms with E-state index in [0.29, 0.717) is 29.3 Å². The van der Waals surface area contributed by atoms with Gasteiger partial charge in [0, 0.05) is 29.6 Å². The van der Waals surface area contributed by atoms with Crippen molar-refractivity contribution >= 4 is 17.4 Å². The summed E-state index contributed by atoms with van der Waals surface area (Å²) >= 11 is 0. The minimum absolute atomic E-state index is 0.299. The van der Waals surface area contributed by atoms with Crippen LogP contribution in [0.2, 0.25) is 0 Å². The number of aryl methyl sites for hydroxylation is 1. The van der Waals surface area contributed by atoms with Gasteiger partial charge in [0.1, 0.15) is 11.5 Å². The maximum Gasteiger partial charge on any atom is 0.357 e. The zero-order valence-corrected chi connectivity index (χ0v) is 14.7. The molecule has 0 spiro atoms. The molecule has 0 bridgehead atoms. The molecule has 2 aliphatic rings. The number of H-pyrrole nitrogens is 1. The third kappa shape index (κ3) is 2.81. The summed E-state index contributed by atoms with van der Waals surface area (Å²) in [4.78, 5) is 23.5. The number of carbonyl (C=O) groups is 1. The maximum atomic E-state index is 12.4. The van der Waals surface area contributed by atoms with Crippen molar-refractivity contribution in [3.05, 3.63) is 53.5 Å². The summed E-state index contributed by atoms with van der Waals surface area (Å²) in [7, 11) is 0. The molecule has 0 saturated heterocycles. The highest BCUT2D eigenvalue weighted by Crippen LogP contribution is 2.32. The van der Waals surface area contributed by atoms with Crippen LogP contribution >= 0.6 is 0 Å². The number of allylic oxidation sites excluding steroid dienone is 2. The molecular formula is C19H19N5O2. The Bertz CT molecular complexity index is 955. The van der Waals surface area contributed by atoms with Crippen molar-refractivity contribution in [1.82, 2.24) is 20.1 Å². The molecule has 132 valence electrons. The normalized spacial score (nSPS) is 15.5. The monoisotopic (exact) mass is 349 g/mol. The summed E-state index contributed by atoms with van der Waals surface area (Å²) in [5.74, 6) is 0.509. The summed E-state index contributed by atoms with van der Waals surface area (Å²) in [5, 5.41) is 7.23. The van der Waals surface area contributed by atoms with Crippen LogP contribution in [0.25, 0.3) is 17.0 Å². The maximum absolute atomic E-state index is 12.4. The Morgan fingerprint density at radius 2 is 2.23 bits per heavy atom. The number of nitrogens with one attached hydrogen (secondary N) is 1. The number of hydrogen-bond acceptors (Lipinski definition) is 6. The lowest BCUT2D eigenvalue weighted by molar-refractivity contribution is 0.0519. The van der Waals surface area contributed by atoms with Crippen LogP contribution in [0.5, 0.6) is 0 Å². The zero-order chi connectivity index (χ0) is 18.1. The summed E-state index contributed by atoms with van der Waals surface area (Å²) in [6.07, 6.45) is 5.91. The van der Waals surface area contributed by atoms with Gasteiger partial charge in [-0.1, -0.05) is 6.07 Å². The van der Waals surface area contributed by atoms with Crippen LogP contribution in [0, 0.1) is 6.92 Å². The molecule has 0 fully saturated rings. The number of rotatable bonds is 4. The molecule has 0 saturated carbocycles. The highest BCUT2D eigenvalue weighted by molar-refractivity contribution is 6.04. The molecule has 7 heteroatoms. The number of carbonyl (C=O) groups excluding carboxylic acids is 1. The van der Waals surface area contributed by atoms with Gasteiger partial charge in [-0.15, -0.1) is 0 Å². The number of aromatic amines is 1. The Labute approximate surface area is 151 Å². The molecule has 2 aliphatic heterocycles. The molecule has 0 radical (unpaired) electrons. The van der Waals surface area contributed by atoms with Gasteiger partial charge >= 0.3 is 5.97 Å². The Morgan fingerprint density at radius 3 is 3.04 bits per heavy atom. The number of amidine groups is 1. The Balaban J connectivity index is 1.85. The molecule has 4 heterocycles. The third-order valence-corrected chi connectivity index (χ3v) is 4.28. The largest absolute Gasteiger partial charge is 0.461 e. The Hall–Kier alpha value is -3.22. The van der Waals surface area contributed by atoms with Gasteiger partial charge in [0.2, 0.25) is 0 Å². The van der Waals surface area contributed by atoms with Gasteiger partial charge < -0.3 is 9.64 Å². The van der Waals surface area contributed by atoms with Crippen molar-refractivity contribution in [3.8, 4) is 11.4 Å². The first kappa shape index (κ1) is 16.3. The number of pyridine rings is 1. The highest BCUT2D eigenvalue weighted by atomic mass is 16.5. The van der Waals surface area contributed by atoms with Gasteiger partial charge in [-0.2, -0.15) is 5.10 Å². The van der Waals surface area contributed by atoms with Crippen LogP contribution in [0.15, 0.2) is 41.5 Å². The van der Waals surface area contributed by atoms with E-state index in [1.165, 1.54) is 0 Å². The number of nitrogens with zero attached hydrogens (tertiary/aromatic N) is 4. The van der Waals surface area contributed by atoms with Gasteiger partial charge in [0.15, 0.2) is 5.69 Å². The number of aliphatic imine (C=N–C) groups is 1. The summed E-state index contributed by atoms with van der Waals surface area (Å²) in [6, 6.07) is 5.74. The average Bonchev–Trinajstić information content (AvgIpc) is 3.28. The lowest BCUT2D eigenvalue weighted by Crippen LogP contribution is -2.22. The molecule has 0 unspecified atom stereocenters. The van der Waals surface area contributed by atoms with E-state index in [4.69, 9.17) is 4.74 Å². The number of esters is 1. The first-order valence-corrected chi connectivity index (χ1v) is 8.58. The standard InChI is InChI=1S/C19H19N5O2/c1-3-26-19(25)18-16(13-7-8-15-20-9-10-24(15)11-13)17(22-23-18)14-6-4-5-12(2)21-14/h4-8,11H,3,9-10H2,1-2H3,(H,22,23). The van der Waals surface area contributed by atoms with Crippen molar-refractivity contribution in [2.75, 3.05) is 19.7 Å². The van der Waals surface area contributed by atoms with E-state index in [0.717, 1.165) is 30.2 Å². The molecule has 26 heavy (non-hydrogen) atoms. The van der Waals surface area contributed by atoms with E-state index in [9.17, 15) is 4.79 Å². The van der Waals surface area contributed by atoms with Crippen molar-refractivity contribution in [3.63, 3.8) is 0 Å². The molecule has 0 aromatic carbocycles. The van der Waals surface area contributed by atoms with E-state index in [1.54, 1.807) is 6.92 Å². The van der Waals surface area contributed by atoms with Gasteiger partial charge in [0.25, 0.3) is 0 Å². The van der Waals surface area contributed by atoms with Crippen LogP contribution in [-0.4, -0.2) is 51.6 Å². The topological polar surface area (TPSA) is 83.5 Å². The molecule has 0 atom stereocenters. The fourth-order valence-corrected chi connectivity index (χ4v) is 3.11. The summed E-state index contributed by atoms with van der Waals surface area (Å²) < 4.78 is 5.20. The van der Waals surface area contributed by atoms with Gasteiger partial charge in [-0.05, 0) is 38.1 Å². The molecule has 0 aliphatic carbocycles. The van der Waals surface area contributed by atoms with E-state index in [1.807, 2.05) is 43.5 Å². The van der Waals surface area contributed by atoms with Crippen molar-refractivity contribution in [2.24, 2.45) is 4.99 Å². The van der Waals surface area contributed by atoms with E-state index >= 15 is 0 Å². The smallest absolute Gasteiger partial charge is 0.357 e. The molecule has 0 amide bonds. The number of hydrogen-bond donors (Lipinski definition) is 1. The average molecular weight is 349 g/mol. The van der Waals surface area contributed by atoms with Crippen molar-refractivity contribution < 1.29 is 9.53 Å². The van der Waals surface area contributed by atoms with E-state index in [-0.39, 0.29) is 0 Å². The van der Waals surface area contributed by atoms with Crippen LogP contribution < -0.4 is 0 Å². The van der Waals surface area contributed by atoms with Crippen molar-refractivity contribution in [1.29, 1.82) is 0 Å². The predicted octanol–water partition coefficient (Wildman–Crippen LogP) is 2.58. The lowest BCUT2D eigenvalue weighted by atomic mass is 9.99. The fraction of sp³-hybridized carbons (Fsp3) is 0.263. The van der Waals surface area contributed by atoms with Crippen LogP contribution in [0.3, 0.4) is 0 Å². The number of fused-ring (bicyclic) bond motifs is 1. The fourth-order valence-electron chi connectivity index (χ4n) is 3.11. The molecular weight excluding hydrogens is 330 g/mol. The van der Waals surface area contributed by atoms with Gasteiger partial charge in [0.05, 0.1) is 18.8 Å². The Morgan fingerprint density at radius 1 is 1.35 bits per heavy atom. The van der Waals surface area contributed by atoms with Crippen LogP contribution in [0.4, 0.5) is 0 Å². The van der Waals surface area contributed by atoms with Crippen molar-refractivity contribution in [2.45, 2.75) is 13.8 Å². The number of ether oxygens (including phenoxy) is 1. The summed E-state index contributed by atoms with van der Waals surface area (Å²) in [6.45, 7) is 5.60. The SMILES string of the molecule is CCOC(=O)c1[nH]nc(-c2cccc(C)n2)c1C1=CN2CCN=C2C=C1. The minimum Gasteiger partial charge on any atom is -0.461 e. The first-order valence-electron chi connectivity index (χ1n) is 8.58. The second-order valence-electron chi connectivity index (χ2n) is 6.06. The second-order valence-corrected chi connectivity index (χ2v) is 6.06. The highest BCUT2D eigenvalue weighted by Gasteiger charge is 2.26. The third-order valence-electron chi connectivity index (χ3n) is 4.28. The molecule has 4 rings (SSSR count). The van der Waals surface area contributed by atoms with Crippen LogP contribution in [-0.2, 0) is 4.74 Å². The molecule has 2 aromatic heterocycles. The van der Waals surface area contributed by atoms with Gasteiger partial charge in [-0.3, -0.25) is 15.1 Å². The van der Waals surface area contributed by atoms with E-state index in [2.05, 4.69) is 25.1 Å². The first-order chi connectivity index (χ1) is 12.7. The molecule has 2 aromatic rings. The lowest BCUT2D eigenvalue weighted by Gasteiger charge is -2.19. The summed E-state index contributed by atoms with van der Waals surface area (Å²) in [5.41, 5.74) is 4.14. The molecule has 7 nitrogen and oxygen atoms in total.